The van der Waals surface area contributed by atoms with Gasteiger partial charge in [0, 0.05) is 19.6 Å². The second-order valence-corrected chi connectivity index (χ2v) is 9.68. The van der Waals surface area contributed by atoms with E-state index in [1.807, 2.05) is 71.0 Å². The zero-order valence-corrected chi connectivity index (χ0v) is 22.6. The standard InChI is InChI=1S/C27H44N4O4/c1-8-12-22(21-15-13-20(5)14-16-21)28-26(34)31-24(33)27(9-2,10-3)25(31)35-19-23(32)30(11-4)18-17-29(6)7/h13-16,22,25H,8-12,17-19H2,1-7H3,(H,28,34). The number of likely N-dealkylation sites (tertiary alicyclic amines) is 1. The number of likely N-dealkylation sites (N-methyl/N-ethyl adjacent to an activating group) is 2. The Morgan fingerprint density at radius 3 is 2.23 bits per heavy atom. The third-order valence-corrected chi connectivity index (χ3v) is 7.10. The summed E-state index contributed by atoms with van der Waals surface area (Å²) in [7, 11) is 3.93. The molecule has 2 unspecified atom stereocenters. The van der Waals surface area contributed by atoms with Crippen molar-refractivity contribution in [2.45, 2.75) is 72.6 Å². The molecule has 0 saturated carbocycles. The van der Waals surface area contributed by atoms with Crippen LogP contribution in [-0.4, -0.2) is 79.1 Å². The summed E-state index contributed by atoms with van der Waals surface area (Å²) in [6.45, 7) is 11.6. The summed E-state index contributed by atoms with van der Waals surface area (Å²) >= 11 is 0. The van der Waals surface area contributed by atoms with Crippen molar-refractivity contribution in [3.05, 3.63) is 35.4 Å². The normalized spacial score (nSPS) is 17.8. The lowest BCUT2D eigenvalue weighted by Crippen LogP contribution is -2.72. The number of nitrogens with zero attached hydrogens (tertiary/aromatic N) is 3. The second-order valence-electron chi connectivity index (χ2n) is 9.68. The van der Waals surface area contributed by atoms with Crippen LogP contribution in [0.1, 0.15) is 70.5 Å². The van der Waals surface area contributed by atoms with Gasteiger partial charge in [-0.15, -0.1) is 0 Å². The molecule has 0 aromatic heterocycles. The third kappa shape index (κ3) is 6.61. The molecule has 1 aliphatic rings. The van der Waals surface area contributed by atoms with Crippen molar-refractivity contribution in [2.75, 3.05) is 40.3 Å². The van der Waals surface area contributed by atoms with Gasteiger partial charge in [0.2, 0.25) is 11.8 Å². The van der Waals surface area contributed by atoms with Crippen molar-refractivity contribution in [3.63, 3.8) is 0 Å². The molecule has 4 amide bonds. The lowest BCUT2D eigenvalue weighted by molar-refractivity contribution is -0.212. The largest absolute Gasteiger partial charge is 0.347 e. The van der Waals surface area contributed by atoms with Crippen LogP contribution in [0, 0.1) is 12.3 Å². The summed E-state index contributed by atoms with van der Waals surface area (Å²) in [6, 6.07) is 7.38. The third-order valence-electron chi connectivity index (χ3n) is 7.10. The molecule has 1 N–H and O–H groups in total. The highest BCUT2D eigenvalue weighted by Gasteiger charge is 2.62. The van der Waals surface area contributed by atoms with Crippen molar-refractivity contribution >= 4 is 17.8 Å². The number of urea groups is 1. The Kier molecular flexibility index (Phi) is 10.7. The zero-order valence-electron chi connectivity index (χ0n) is 22.6. The Bertz CT molecular complexity index is 851. The van der Waals surface area contributed by atoms with E-state index in [2.05, 4.69) is 12.2 Å². The minimum Gasteiger partial charge on any atom is -0.347 e. The summed E-state index contributed by atoms with van der Waals surface area (Å²) in [5.74, 6) is -0.379. The summed E-state index contributed by atoms with van der Waals surface area (Å²) in [5, 5.41) is 3.04. The molecule has 1 fully saturated rings. The van der Waals surface area contributed by atoms with Gasteiger partial charge >= 0.3 is 6.03 Å². The molecule has 0 radical (unpaired) electrons. The Morgan fingerprint density at radius 1 is 1.09 bits per heavy atom. The summed E-state index contributed by atoms with van der Waals surface area (Å²) in [6.07, 6.45) is 1.96. The first-order valence-electron chi connectivity index (χ1n) is 12.9. The molecule has 2 rings (SSSR count). The lowest BCUT2D eigenvalue weighted by Gasteiger charge is -2.53. The number of imide groups is 1. The minimum atomic E-state index is -0.789. The predicted molar refractivity (Wildman–Crippen MR) is 138 cm³/mol. The van der Waals surface area contributed by atoms with Crippen LogP contribution in [0.2, 0.25) is 0 Å². The van der Waals surface area contributed by atoms with Crippen LogP contribution in [0.5, 0.6) is 0 Å². The van der Waals surface area contributed by atoms with Gasteiger partial charge < -0.3 is 19.9 Å². The Morgan fingerprint density at radius 2 is 1.71 bits per heavy atom. The van der Waals surface area contributed by atoms with Gasteiger partial charge in [-0.2, -0.15) is 0 Å². The molecule has 1 heterocycles. The molecule has 0 aliphatic carbocycles. The van der Waals surface area contributed by atoms with Crippen LogP contribution >= 0.6 is 0 Å². The molecule has 1 saturated heterocycles. The van der Waals surface area contributed by atoms with E-state index in [1.54, 1.807) is 4.90 Å². The fourth-order valence-electron chi connectivity index (χ4n) is 4.62. The second kappa shape index (κ2) is 13.0. The van der Waals surface area contributed by atoms with Gasteiger partial charge in [0.1, 0.15) is 6.61 Å². The number of carbonyl (C=O) groups excluding carboxylic acids is 3. The number of amides is 4. The molecule has 8 nitrogen and oxygen atoms in total. The number of aryl methyl sites for hydroxylation is 1. The number of rotatable bonds is 13. The highest BCUT2D eigenvalue weighted by atomic mass is 16.5. The Hall–Kier alpha value is -2.45. The number of hydrogen-bond donors (Lipinski definition) is 1. The van der Waals surface area contributed by atoms with Gasteiger partial charge in [0.25, 0.3) is 0 Å². The maximum absolute atomic E-state index is 13.3. The van der Waals surface area contributed by atoms with Gasteiger partial charge in [-0.3, -0.25) is 9.59 Å². The number of ether oxygens (including phenoxy) is 1. The van der Waals surface area contributed by atoms with Gasteiger partial charge in [-0.25, -0.2) is 9.69 Å². The first-order chi connectivity index (χ1) is 16.6. The summed E-state index contributed by atoms with van der Waals surface area (Å²) in [4.78, 5) is 44.3. The lowest BCUT2D eigenvalue weighted by atomic mass is 9.72. The molecule has 1 aromatic rings. The molecule has 35 heavy (non-hydrogen) atoms. The number of benzene rings is 1. The first kappa shape index (κ1) is 28.8. The molecule has 0 bridgehead atoms. The number of carbonyl (C=O) groups is 3. The van der Waals surface area contributed by atoms with Crippen LogP contribution in [0.3, 0.4) is 0 Å². The quantitative estimate of drug-likeness (QED) is 0.425. The smallest absolute Gasteiger partial charge is 0.326 e. The molecule has 8 heteroatoms. The minimum absolute atomic E-state index is 0.140. The molecule has 1 aliphatic heterocycles. The van der Waals surface area contributed by atoms with E-state index >= 15 is 0 Å². The SMILES string of the molecule is CCCC(NC(=O)N1C(=O)C(CC)(CC)C1OCC(=O)N(CC)CCN(C)C)c1ccc(C)cc1. The van der Waals surface area contributed by atoms with E-state index in [0.717, 1.165) is 30.5 Å². The van der Waals surface area contributed by atoms with Gasteiger partial charge in [-0.1, -0.05) is 57.0 Å². The molecular formula is C27H44N4O4. The molecule has 2 atom stereocenters. The Balaban J connectivity index is 2.16. The molecule has 196 valence electrons. The van der Waals surface area contributed by atoms with Gasteiger partial charge in [0.05, 0.1) is 11.5 Å². The van der Waals surface area contributed by atoms with Crippen LogP contribution < -0.4 is 5.32 Å². The van der Waals surface area contributed by atoms with Gasteiger partial charge in [-0.05, 0) is 52.8 Å². The average molecular weight is 489 g/mol. The topological polar surface area (TPSA) is 82.2 Å². The maximum Gasteiger partial charge on any atom is 0.326 e. The molecular weight excluding hydrogens is 444 g/mol. The van der Waals surface area contributed by atoms with E-state index in [1.165, 1.54) is 4.90 Å². The van der Waals surface area contributed by atoms with Crippen LogP contribution in [0.4, 0.5) is 4.79 Å². The highest BCUT2D eigenvalue weighted by Crippen LogP contribution is 2.46. The average Bonchev–Trinajstić information content (AvgIpc) is 2.83. The fourth-order valence-corrected chi connectivity index (χ4v) is 4.62. The number of nitrogens with one attached hydrogen (secondary N) is 1. The van der Waals surface area contributed by atoms with Crippen molar-refractivity contribution in [3.8, 4) is 0 Å². The van der Waals surface area contributed by atoms with Crippen LogP contribution in [-0.2, 0) is 14.3 Å². The van der Waals surface area contributed by atoms with Crippen LogP contribution in [0.25, 0.3) is 0 Å². The predicted octanol–water partition coefficient (Wildman–Crippen LogP) is 3.95. The first-order valence-corrected chi connectivity index (χ1v) is 12.9. The van der Waals surface area contributed by atoms with E-state index in [9.17, 15) is 14.4 Å². The van der Waals surface area contributed by atoms with Crippen LogP contribution in [0.15, 0.2) is 24.3 Å². The van der Waals surface area contributed by atoms with E-state index < -0.39 is 17.7 Å². The Labute approximate surface area is 211 Å². The number of hydrogen-bond acceptors (Lipinski definition) is 5. The van der Waals surface area contributed by atoms with Crippen molar-refractivity contribution in [1.29, 1.82) is 0 Å². The monoisotopic (exact) mass is 488 g/mol. The van der Waals surface area contributed by atoms with Crippen molar-refractivity contribution in [2.24, 2.45) is 5.41 Å². The van der Waals surface area contributed by atoms with E-state index in [0.29, 0.717) is 25.9 Å². The highest BCUT2D eigenvalue weighted by molar-refractivity contribution is 6.03. The maximum atomic E-state index is 13.3. The van der Waals surface area contributed by atoms with Gasteiger partial charge in [0.15, 0.2) is 6.23 Å². The molecule has 1 aromatic carbocycles. The number of β-lactam (4-membered cyclic amide) rings is 1. The van der Waals surface area contributed by atoms with Crippen molar-refractivity contribution < 1.29 is 19.1 Å². The zero-order chi connectivity index (χ0) is 26.2. The summed E-state index contributed by atoms with van der Waals surface area (Å²) < 4.78 is 6.03. The molecule has 0 spiro atoms. The fraction of sp³-hybridized carbons (Fsp3) is 0.667. The van der Waals surface area contributed by atoms with Crippen molar-refractivity contribution in [1.82, 2.24) is 20.0 Å². The van der Waals surface area contributed by atoms with E-state index in [4.69, 9.17) is 4.74 Å². The summed E-state index contributed by atoms with van der Waals surface area (Å²) in [5.41, 5.74) is 1.36. The van der Waals surface area contributed by atoms with E-state index in [-0.39, 0.29) is 24.5 Å².